The van der Waals surface area contributed by atoms with E-state index in [1.807, 2.05) is 6.07 Å². The molecule has 0 radical (unpaired) electrons. The zero-order chi connectivity index (χ0) is 14.5. The summed E-state index contributed by atoms with van der Waals surface area (Å²) in [5.41, 5.74) is 0.948. The molecule has 5 heteroatoms. The van der Waals surface area contributed by atoms with Gasteiger partial charge < -0.3 is 10.1 Å². The summed E-state index contributed by atoms with van der Waals surface area (Å²) in [7, 11) is 1.51. The van der Waals surface area contributed by atoms with Gasteiger partial charge >= 0.3 is 0 Å². The largest absolute Gasteiger partial charge is 0.495 e. The van der Waals surface area contributed by atoms with E-state index in [4.69, 9.17) is 4.74 Å². The number of ether oxygens (including phenoxy) is 1. The van der Waals surface area contributed by atoms with Crippen LogP contribution in [0.25, 0.3) is 0 Å². The molecule has 0 bridgehead atoms. The number of hydrogen-bond donors (Lipinski definition) is 1. The van der Waals surface area contributed by atoms with Gasteiger partial charge in [-0.15, -0.1) is 0 Å². The molecule has 1 atom stereocenters. The van der Waals surface area contributed by atoms with Crippen molar-refractivity contribution >= 4 is 5.69 Å². The lowest BCUT2D eigenvalue weighted by atomic mass is 10.1. The number of benzene rings is 2. The van der Waals surface area contributed by atoms with Gasteiger partial charge in [0.25, 0.3) is 0 Å². The highest BCUT2D eigenvalue weighted by molar-refractivity contribution is 5.58. The molecule has 2 aromatic rings. The minimum Gasteiger partial charge on any atom is -0.495 e. The Labute approximate surface area is 115 Å². The fraction of sp³-hybridized carbons (Fsp3) is 0.133. The molecule has 0 aromatic heterocycles. The molecule has 0 aliphatic heterocycles. The highest BCUT2D eigenvalue weighted by Gasteiger charge is 2.14. The third-order valence-electron chi connectivity index (χ3n) is 2.81. The summed E-state index contributed by atoms with van der Waals surface area (Å²) in [6.45, 7) is 0. The Morgan fingerprint density at radius 2 is 1.90 bits per heavy atom. The van der Waals surface area contributed by atoms with Crippen molar-refractivity contribution in [2.24, 2.45) is 0 Å². The monoisotopic (exact) mass is 274 g/mol. The summed E-state index contributed by atoms with van der Waals surface area (Å²) in [6, 6.07) is 11.6. The smallest absolute Gasteiger partial charge is 0.159 e. The zero-order valence-electron chi connectivity index (χ0n) is 10.7. The standard InChI is InChI=1S/C15H12F2N2O/c1-20-15-5-3-2-4-13(15)19-14(9-18)10-6-7-11(16)12(17)8-10/h2-8,14,19H,1H3. The SMILES string of the molecule is COc1ccccc1NC(C#N)c1ccc(F)c(F)c1. The van der Waals surface area contributed by atoms with Crippen molar-refractivity contribution in [3.05, 3.63) is 59.7 Å². The summed E-state index contributed by atoms with van der Waals surface area (Å²) >= 11 is 0. The number of para-hydroxylation sites is 2. The lowest BCUT2D eigenvalue weighted by Crippen LogP contribution is -2.10. The van der Waals surface area contributed by atoms with Crippen molar-refractivity contribution in [3.8, 4) is 11.8 Å². The lowest BCUT2D eigenvalue weighted by molar-refractivity contribution is 0.416. The van der Waals surface area contributed by atoms with Gasteiger partial charge in [0.2, 0.25) is 0 Å². The molecule has 0 aliphatic rings. The van der Waals surface area contributed by atoms with Crippen LogP contribution in [0.2, 0.25) is 0 Å². The molecule has 2 aromatic carbocycles. The Hall–Kier alpha value is -2.61. The second kappa shape index (κ2) is 6.02. The van der Waals surface area contributed by atoms with Crippen LogP contribution in [0.15, 0.2) is 42.5 Å². The maximum Gasteiger partial charge on any atom is 0.159 e. The highest BCUT2D eigenvalue weighted by atomic mass is 19.2. The molecule has 0 fully saturated rings. The van der Waals surface area contributed by atoms with Crippen LogP contribution >= 0.6 is 0 Å². The average Bonchev–Trinajstić information content (AvgIpc) is 2.48. The Morgan fingerprint density at radius 1 is 1.15 bits per heavy atom. The minimum atomic E-state index is -0.982. The first-order chi connectivity index (χ1) is 9.65. The van der Waals surface area contributed by atoms with E-state index in [2.05, 4.69) is 5.32 Å². The third-order valence-corrected chi connectivity index (χ3v) is 2.81. The first-order valence-electron chi connectivity index (χ1n) is 5.90. The van der Waals surface area contributed by atoms with E-state index in [-0.39, 0.29) is 0 Å². The van der Waals surface area contributed by atoms with Gasteiger partial charge in [-0.25, -0.2) is 8.78 Å². The van der Waals surface area contributed by atoms with Crippen LogP contribution in [0, 0.1) is 23.0 Å². The van der Waals surface area contributed by atoms with Gasteiger partial charge in [-0.1, -0.05) is 18.2 Å². The van der Waals surface area contributed by atoms with Crippen LogP contribution < -0.4 is 10.1 Å². The Balaban J connectivity index is 2.29. The van der Waals surface area contributed by atoms with E-state index >= 15 is 0 Å². The molecule has 2 rings (SSSR count). The number of halogens is 2. The van der Waals surface area contributed by atoms with Crippen molar-refractivity contribution in [3.63, 3.8) is 0 Å². The van der Waals surface area contributed by atoms with Crippen LogP contribution in [-0.2, 0) is 0 Å². The van der Waals surface area contributed by atoms with Gasteiger partial charge in [0, 0.05) is 0 Å². The summed E-state index contributed by atoms with van der Waals surface area (Å²) < 4.78 is 31.3. The molecule has 20 heavy (non-hydrogen) atoms. The Kier molecular flexibility index (Phi) is 4.16. The number of anilines is 1. The molecule has 1 N–H and O–H groups in total. The summed E-state index contributed by atoms with van der Waals surface area (Å²) in [4.78, 5) is 0. The van der Waals surface area contributed by atoms with Gasteiger partial charge in [0.15, 0.2) is 11.6 Å². The molecule has 3 nitrogen and oxygen atoms in total. The summed E-state index contributed by atoms with van der Waals surface area (Å²) in [5, 5.41) is 12.1. The fourth-order valence-electron chi connectivity index (χ4n) is 1.80. The second-order valence-corrected chi connectivity index (χ2v) is 4.08. The van der Waals surface area contributed by atoms with Crippen molar-refractivity contribution in [2.75, 3.05) is 12.4 Å². The quantitative estimate of drug-likeness (QED) is 0.925. The van der Waals surface area contributed by atoms with Crippen LogP contribution in [-0.4, -0.2) is 7.11 Å². The van der Waals surface area contributed by atoms with Crippen LogP contribution in [0.1, 0.15) is 11.6 Å². The molecule has 0 amide bonds. The average molecular weight is 274 g/mol. The number of hydrogen-bond acceptors (Lipinski definition) is 3. The van der Waals surface area contributed by atoms with E-state index in [0.717, 1.165) is 12.1 Å². The van der Waals surface area contributed by atoms with Gasteiger partial charge in [0.1, 0.15) is 11.8 Å². The predicted octanol–water partition coefficient (Wildman–Crippen LogP) is 3.65. The normalized spacial score (nSPS) is 11.5. The van der Waals surface area contributed by atoms with E-state index < -0.39 is 17.7 Å². The van der Waals surface area contributed by atoms with Crippen molar-refractivity contribution in [1.82, 2.24) is 0 Å². The molecule has 1 unspecified atom stereocenters. The first kappa shape index (κ1) is 13.8. The van der Waals surface area contributed by atoms with Crippen molar-refractivity contribution in [1.29, 1.82) is 5.26 Å². The highest BCUT2D eigenvalue weighted by Crippen LogP contribution is 2.28. The van der Waals surface area contributed by atoms with E-state index in [1.165, 1.54) is 13.2 Å². The number of nitrogens with zero attached hydrogens (tertiary/aromatic N) is 1. The molecule has 0 heterocycles. The number of rotatable bonds is 4. The maximum atomic E-state index is 13.2. The van der Waals surface area contributed by atoms with Gasteiger partial charge in [0.05, 0.1) is 18.9 Å². The van der Waals surface area contributed by atoms with Crippen molar-refractivity contribution in [2.45, 2.75) is 6.04 Å². The second-order valence-electron chi connectivity index (χ2n) is 4.08. The van der Waals surface area contributed by atoms with Gasteiger partial charge in [-0.3, -0.25) is 0 Å². The van der Waals surface area contributed by atoms with Crippen LogP contribution in [0.3, 0.4) is 0 Å². The summed E-state index contributed by atoms with van der Waals surface area (Å²) in [6.07, 6.45) is 0. The molecule has 0 saturated heterocycles. The molecule has 0 aliphatic carbocycles. The van der Waals surface area contributed by atoms with E-state index in [0.29, 0.717) is 17.0 Å². The predicted molar refractivity (Wildman–Crippen MR) is 71.3 cm³/mol. The Bertz CT molecular complexity index is 653. The molecular formula is C15H12F2N2O. The summed E-state index contributed by atoms with van der Waals surface area (Å²) in [5.74, 6) is -1.36. The number of nitriles is 1. The van der Waals surface area contributed by atoms with Gasteiger partial charge in [-0.05, 0) is 29.8 Å². The molecule has 0 saturated carbocycles. The number of nitrogens with one attached hydrogen (secondary N) is 1. The Morgan fingerprint density at radius 3 is 2.55 bits per heavy atom. The van der Waals surface area contributed by atoms with Gasteiger partial charge in [-0.2, -0.15) is 5.26 Å². The molecule has 102 valence electrons. The van der Waals surface area contributed by atoms with E-state index in [1.54, 1.807) is 24.3 Å². The topological polar surface area (TPSA) is 45.0 Å². The molecule has 0 spiro atoms. The van der Waals surface area contributed by atoms with Crippen LogP contribution in [0.5, 0.6) is 5.75 Å². The van der Waals surface area contributed by atoms with Crippen molar-refractivity contribution < 1.29 is 13.5 Å². The number of methoxy groups -OCH3 is 1. The maximum absolute atomic E-state index is 13.2. The lowest BCUT2D eigenvalue weighted by Gasteiger charge is -2.16. The first-order valence-corrected chi connectivity index (χ1v) is 5.90. The van der Waals surface area contributed by atoms with Crippen LogP contribution in [0.4, 0.5) is 14.5 Å². The molecular weight excluding hydrogens is 262 g/mol. The fourth-order valence-corrected chi connectivity index (χ4v) is 1.80. The third kappa shape index (κ3) is 2.86. The van der Waals surface area contributed by atoms with E-state index in [9.17, 15) is 14.0 Å². The minimum absolute atomic E-state index is 0.345. The zero-order valence-corrected chi connectivity index (χ0v) is 10.7.